The lowest BCUT2D eigenvalue weighted by Crippen LogP contribution is -2.42. The topological polar surface area (TPSA) is 114 Å². The number of nitro benzene ring substituents is 1. The second kappa shape index (κ2) is 8.88. The molecule has 5 rings (SSSR count). The molecule has 0 N–H and O–H groups in total. The van der Waals surface area contributed by atoms with E-state index in [-0.39, 0.29) is 36.0 Å². The van der Waals surface area contributed by atoms with Gasteiger partial charge in [-0.15, -0.1) is 0 Å². The van der Waals surface area contributed by atoms with Crippen molar-refractivity contribution >= 4 is 28.5 Å². The summed E-state index contributed by atoms with van der Waals surface area (Å²) in [6, 6.07) is 12.9. The Morgan fingerprint density at radius 1 is 1.18 bits per heavy atom. The molecule has 34 heavy (non-hydrogen) atoms. The van der Waals surface area contributed by atoms with Crippen molar-refractivity contribution < 1.29 is 9.66 Å². The van der Waals surface area contributed by atoms with Gasteiger partial charge in [-0.1, -0.05) is 23.7 Å². The zero-order chi connectivity index (χ0) is 23.8. The lowest BCUT2D eigenvalue weighted by Gasteiger charge is -2.15. The van der Waals surface area contributed by atoms with Gasteiger partial charge in [-0.25, -0.2) is 14.3 Å². The van der Waals surface area contributed by atoms with Gasteiger partial charge in [-0.05, 0) is 42.7 Å². The lowest BCUT2D eigenvalue weighted by molar-refractivity contribution is -0.384. The van der Waals surface area contributed by atoms with Crippen molar-refractivity contribution in [2.24, 2.45) is 0 Å². The molecule has 1 fully saturated rings. The second-order valence-corrected chi connectivity index (χ2v) is 8.55. The highest BCUT2D eigenvalue weighted by Crippen LogP contribution is 2.19. The maximum atomic E-state index is 13.5. The first kappa shape index (κ1) is 22.1. The van der Waals surface area contributed by atoms with Crippen molar-refractivity contribution in [2.75, 3.05) is 6.61 Å². The molecule has 0 bridgehead atoms. The zero-order valence-electron chi connectivity index (χ0n) is 18.0. The van der Waals surface area contributed by atoms with Crippen LogP contribution in [0.3, 0.4) is 0 Å². The second-order valence-electron chi connectivity index (χ2n) is 8.12. The van der Waals surface area contributed by atoms with Crippen LogP contribution in [-0.2, 0) is 17.8 Å². The van der Waals surface area contributed by atoms with E-state index in [9.17, 15) is 19.7 Å². The average molecular weight is 482 g/mol. The molecule has 1 aliphatic rings. The van der Waals surface area contributed by atoms with Gasteiger partial charge in [-0.3, -0.25) is 19.5 Å². The summed E-state index contributed by atoms with van der Waals surface area (Å²) in [6.45, 7) is 0.896. The van der Waals surface area contributed by atoms with Crippen LogP contribution in [0.25, 0.3) is 16.9 Å². The Labute approximate surface area is 197 Å². The van der Waals surface area contributed by atoms with E-state index in [0.29, 0.717) is 22.9 Å². The minimum Gasteiger partial charge on any atom is -0.376 e. The standard InChI is InChI=1S/C23H20ClN5O5/c24-16-6-8-17(9-7-16)28-21-20(22(30)27(23(28)31)13-19-5-2-10-34-19)26(14-25-21)12-15-3-1-4-18(11-15)29(32)33/h1,3-4,6-9,11,14,19H,2,5,10,12-13H2/t19-/m1/s1. The molecule has 1 atom stereocenters. The number of hydrogen-bond donors (Lipinski definition) is 0. The van der Waals surface area contributed by atoms with Crippen molar-refractivity contribution in [1.29, 1.82) is 0 Å². The van der Waals surface area contributed by atoms with Crippen LogP contribution in [0.4, 0.5) is 5.69 Å². The van der Waals surface area contributed by atoms with Gasteiger partial charge in [0.15, 0.2) is 11.2 Å². The van der Waals surface area contributed by atoms with Gasteiger partial charge in [0.05, 0.1) is 29.6 Å². The van der Waals surface area contributed by atoms with E-state index in [4.69, 9.17) is 16.3 Å². The normalized spacial score (nSPS) is 15.7. The fraction of sp³-hybridized carbons (Fsp3) is 0.261. The van der Waals surface area contributed by atoms with E-state index in [1.165, 1.54) is 27.6 Å². The van der Waals surface area contributed by atoms with Crippen molar-refractivity contribution in [1.82, 2.24) is 18.7 Å². The molecule has 11 heteroatoms. The molecule has 0 aliphatic carbocycles. The van der Waals surface area contributed by atoms with Gasteiger partial charge in [0.1, 0.15) is 0 Å². The van der Waals surface area contributed by atoms with Gasteiger partial charge in [0.2, 0.25) is 0 Å². The Balaban J connectivity index is 1.70. The van der Waals surface area contributed by atoms with Crippen LogP contribution >= 0.6 is 11.6 Å². The molecule has 1 aliphatic heterocycles. The number of hydrogen-bond acceptors (Lipinski definition) is 6. The SMILES string of the molecule is O=c1c2c(ncn2Cc2cccc([N+](=O)[O-])c2)n(-c2ccc(Cl)cc2)c(=O)n1C[C@H]1CCCO1. The van der Waals surface area contributed by atoms with Crippen molar-refractivity contribution in [3.8, 4) is 5.69 Å². The third-order valence-corrected chi connectivity index (χ3v) is 6.12. The largest absolute Gasteiger partial charge is 0.376 e. The number of aromatic nitrogens is 4. The molecule has 1 saturated heterocycles. The van der Waals surface area contributed by atoms with Crippen LogP contribution in [0.2, 0.25) is 5.02 Å². The summed E-state index contributed by atoms with van der Waals surface area (Å²) in [4.78, 5) is 42.1. The third-order valence-electron chi connectivity index (χ3n) is 5.87. The molecule has 0 amide bonds. The van der Waals surface area contributed by atoms with Crippen LogP contribution in [-0.4, -0.2) is 36.3 Å². The maximum absolute atomic E-state index is 13.5. The van der Waals surface area contributed by atoms with Gasteiger partial charge in [0, 0.05) is 30.3 Å². The van der Waals surface area contributed by atoms with E-state index in [1.54, 1.807) is 41.0 Å². The first-order valence-corrected chi connectivity index (χ1v) is 11.1. The molecule has 2 aromatic heterocycles. The van der Waals surface area contributed by atoms with E-state index < -0.39 is 16.2 Å². The fourth-order valence-corrected chi connectivity index (χ4v) is 4.37. The Morgan fingerprint density at radius 2 is 1.97 bits per heavy atom. The molecule has 0 radical (unpaired) electrons. The highest BCUT2D eigenvalue weighted by atomic mass is 35.5. The summed E-state index contributed by atoms with van der Waals surface area (Å²) in [6.07, 6.45) is 2.87. The van der Waals surface area contributed by atoms with Crippen molar-refractivity contribution in [3.05, 3.63) is 96.4 Å². The number of imidazole rings is 1. The quantitative estimate of drug-likeness (QED) is 0.309. The third kappa shape index (κ3) is 4.02. The summed E-state index contributed by atoms with van der Waals surface area (Å²) >= 11 is 6.03. The Hall–Kier alpha value is -3.76. The van der Waals surface area contributed by atoms with Crippen LogP contribution in [0, 0.1) is 10.1 Å². The predicted octanol–water partition coefficient (Wildman–Crippen LogP) is 3.14. The van der Waals surface area contributed by atoms with E-state index >= 15 is 0 Å². The summed E-state index contributed by atoms with van der Waals surface area (Å²) in [5.74, 6) is 0. The maximum Gasteiger partial charge on any atom is 0.337 e. The number of halogens is 1. The molecule has 4 aromatic rings. The fourth-order valence-electron chi connectivity index (χ4n) is 4.24. The Kier molecular flexibility index (Phi) is 5.76. The Bertz CT molecular complexity index is 1500. The van der Waals surface area contributed by atoms with Crippen LogP contribution in [0.15, 0.2) is 64.4 Å². The number of nitro groups is 1. The molecule has 10 nitrogen and oxygen atoms in total. The number of fused-ring (bicyclic) bond motifs is 1. The van der Waals surface area contributed by atoms with E-state index in [1.807, 2.05) is 0 Å². The van der Waals surface area contributed by atoms with E-state index in [0.717, 1.165) is 12.8 Å². The van der Waals surface area contributed by atoms with Crippen LogP contribution in [0.5, 0.6) is 0 Å². The minimum atomic E-state index is -0.518. The summed E-state index contributed by atoms with van der Waals surface area (Å²) in [5, 5.41) is 11.7. The van der Waals surface area contributed by atoms with Crippen LogP contribution in [0.1, 0.15) is 18.4 Å². The number of benzene rings is 2. The highest BCUT2D eigenvalue weighted by molar-refractivity contribution is 6.30. The van der Waals surface area contributed by atoms with E-state index in [2.05, 4.69) is 4.98 Å². The molecular weight excluding hydrogens is 462 g/mol. The highest BCUT2D eigenvalue weighted by Gasteiger charge is 2.23. The first-order valence-electron chi connectivity index (χ1n) is 10.7. The zero-order valence-corrected chi connectivity index (χ0v) is 18.7. The summed E-state index contributed by atoms with van der Waals surface area (Å²) in [5.41, 5.74) is 0.518. The minimum absolute atomic E-state index is 0.0456. The molecule has 2 aromatic carbocycles. The van der Waals surface area contributed by atoms with Gasteiger partial charge >= 0.3 is 5.69 Å². The average Bonchev–Trinajstić information content (AvgIpc) is 3.48. The number of rotatable bonds is 6. The van der Waals surface area contributed by atoms with Gasteiger partial charge in [-0.2, -0.15) is 0 Å². The van der Waals surface area contributed by atoms with Crippen LogP contribution < -0.4 is 11.2 Å². The molecule has 3 heterocycles. The molecule has 0 unspecified atom stereocenters. The predicted molar refractivity (Wildman–Crippen MR) is 126 cm³/mol. The van der Waals surface area contributed by atoms with Crippen molar-refractivity contribution in [2.45, 2.75) is 32.0 Å². The Morgan fingerprint density at radius 3 is 2.68 bits per heavy atom. The molecular formula is C23H20ClN5O5. The monoisotopic (exact) mass is 481 g/mol. The summed E-state index contributed by atoms with van der Waals surface area (Å²) < 4.78 is 9.84. The van der Waals surface area contributed by atoms with Crippen molar-refractivity contribution in [3.63, 3.8) is 0 Å². The lowest BCUT2D eigenvalue weighted by atomic mass is 10.2. The first-order chi connectivity index (χ1) is 16.4. The number of non-ortho nitro benzene ring substituents is 1. The molecule has 174 valence electrons. The summed E-state index contributed by atoms with van der Waals surface area (Å²) in [7, 11) is 0. The van der Waals surface area contributed by atoms with Gasteiger partial charge < -0.3 is 9.30 Å². The molecule has 0 spiro atoms. The number of nitrogens with zero attached hydrogens (tertiary/aromatic N) is 5. The molecule has 0 saturated carbocycles. The van der Waals surface area contributed by atoms with Gasteiger partial charge in [0.25, 0.3) is 11.2 Å². The smallest absolute Gasteiger partial charge is 0.337 e. The number of ether oxygens (including phenoxy) is 1.